The largest absolute Gasteiger partial charge is 0.481 e. The van der Waals surface area contributed by atoms with Gasteiger partial charge in [-0.1, -0.05) is 13.8 Å². The number of anilines is 1. The van der Waals surface area contributed by atoms with E-state index in [9.17, 15) is 14.7 Å². The molecule has 5 heteroatoms. The zero-order valence-electron chi connectivity index (χ0n) is 12.5. The molecule has 1 aliphatic rings. The van der Waals surface area contributed by atoms with E-state index in [1.54, 1.807) is 6.07 Å². The summed E-state index contributed by atoms with van der Waals surface area (Å²) in [6.07, 6.45) is 1.48. The molecular weight excluding hydrogens is 268 g/mol. The highest BCUT2D eigenvalue weighted by Gasteiger charge is 2.20. The van der Waals surface area contributed by atoms with Gasteiger partial charge in [-0.15, -0.1) is 0 Å². The number of nitrogens with one attached hydrogen (secondary N) is 2. The van der Waals surface area contributed by atoms with E-state index >= 15 is 0 Å². The van der Waals surface area contributed by atoms with Gasteiger partial charge in [0.25, 0.3) is 5.91 Å². The fourth-order valence-electron chi connectivity index (χ4n) is 2.60. The van der Waals surface area contributed by atoms with Crippen LogP contribution in [0.3, 0.4) is 0 Å². The quantitative estimate of drug-likeness (QED) is 0.750. The Bertz CT molecular complexity index is 540. The molecule has 0 bridgehead atoms. The third-order valence-electron chi connectivity index (χ3n) is 3.69. The first kappa shape index (κ1) is 15.4. The zero-order chi connectivity index (χ0) is 15.4. The Balaban J connectivity index is 1.96. The molecule has 21 heavy (non-hydrogen) atoms. The summed E-state index contributed by atoms with van der Waals surface area (Å²) in [6, 6.07) is 5.55. The minimum atomic E-state index is -0.859. The maximum Gasteiger partial charge on any atom is 0.308 e. The Labute approximate surface area is 124 Å². The lowest BCUT2D eigenvalue weighted by molar-refractivity contribution is -0.142. The third kappa shape index (κ3) is 3.97. The van der Waals surface area contributed by atoms with Gasteiger partial charge < -0.3 is 15.7 Å². The van der Waals surface area contributed by atoms with Crippen molar-refractivity contribution < 1.29 is 14.7 Å². The van der Waals surface area contributed by atoms with E-state index in [0.29, 0.717) is 12.0 Å². The second-order valence-corrected chi connectivity index (χ2v) is 5.92. The van der Waals surface area contributed by atoms with Crippen molar-refractivity contribution in [2.75, 3.05) is 18.4 Å². The molecule has 0 saturated heterocycles. The highest BCUT2D eigenvalue weighted by Crippen LogP contribution is 2.23. The van der Waals surface area contributed by atoms with E-state index in [2.05, 4.69) is 10.6 Å². The summed E-state index contributed by atoms with van der Waals surface area (Å²) in [7, 11) is 0. The number of carbonyl (C=O) groups excluding carboxylic acids is 1. The van der Waals surface area contributed by atoms with E-state index in [-0.39, 0.29) is 18.4 Å². The van der Waals surface area contributed by atoms with Gasteiger partial charge in [-0.2, -0.15) is 0 Å². The molecule has 1 atom stereocenters. The minimum Gasteiger partial charge on any atom is -0.481 e. The van der Waals surface area contributed by atoms with Crippen molar-refractivity contribution in [2.45, 2.75) is 26.7 Å². The number of rotatable bonds is 6. The van der Waals surface area contributed by atoms with E-state index in [1.807, 2.05) is 26.0 Å². The molecule has 0 radical (unpaired) electrons. The van der Waals surface area contributed by atoms with Gasteiger partial charge in [0.15, 0.2) is 0 Å². The average Bonchev–Trinajstić information content (AvgIpc) is 2.89. The normalized spacial score (nSPS) is 14.4. The summed E-state index contributed by atoms with van der Waals surface area (Å²) in [6.45, 7) is 5.02. The lowest BCUT2D eigenvalue weighted by atomic mass is 9.97. The molecule has 1 aromatic rings. The number of carbonyl (C=O) groups is 2. The molecule has 5 nitrogen and oxygen atoms in total. The minimum absolute atomic E-state index is 0.168. The molecule has 0 spiro atoms. The first-order chi connectivity index (χ1) is 9.97. The molecule has 1 unspecified atom stereocenters. The summed E-state index contributed by atoms with van der Waals surface area (Å²) in [5.74, 6) is -1.32. The SMILES string of the molecule is CC(C)CC(CNC(=O)c1ccc2c(c1)CCN2)C(=O)O. The Morgan fingerprint density at radius 2 is 2.14 bits per heavy atom. The van der Waals surface area contributed by atoms with Crippen LogP contribution in [0.15, 0.2) is 18.2 Å². The molecular formula is C16H22N2O3. The summed E-state index contributed by atoms with van der Waals surface area (Å²) in [4.78, 5) is 23.3. The zero-order valence-corrected chi connectivity index (χ0v) is 12.5. The second-order valence-electron chi connectivity index (χ2n) is 5.92. The molecule has 1 aromatic carbocycles. The summed E-state index contributed by atoms with van der Waals surface area (Å²) in [5.41, 5.74) is 2.81. The molecule has 1 aliphatic heterocycles. The third-order valence-corrected chi connectivity index (χ3v) is 3.69. The predicted molar refractivity (Wildman–Crippen MR) is 81.5 cm³/mol. The van der Waals surface area contributed by atoms with E-state index in [4.69, 9.17) is 0 Å². The van der Waals surface area contributed by atoms with Crippen LogP contribution in [0.1, 0.15) is 36.2 Å². The van der Waals surface area contributed by atoms with Gasteiger partial charge in [0.1, 0.15) is 0 Å². The summed E-state index contributed by atoms with van der Waals surface area (Å²) in [5, 5.41) is 15.2. The van der Waals surface area contributed by atoms with Gasteiger partial charge in [-0.3, -0.25) is 9.59 Å². The van der Waals surface area contributed by atoms with Gasteiger partial charge in [0.05, 0.1) is 5.92 Å². The number of amides is 1. The van der Waals surface area contributed by atoms with Gasteiger partial charge in [-0.05, 0) is 42.5 Å². The first-order valence-corrected chi connectivity index (χ1v) is 7.35. The highest BCUT2D eigenvalue weighted by atomic mass is 16.4. The molecule has 1 heterocycles. The van der Waals surface area contributed by atoms with Crippen LogP contribution < -0.4 is 10.6 Å². The van der Waals surface area contributed by atoms with Crippen LogP contribution in [-0.4, -0.2) is 30.1 Å². The summed E-state index contributed by atoms with van der Waals surface area (Å²) < 4.78 is 0. The van der Waals surface area contributed by atoms with Crippen LogP contribution >= 0.6 is 0 Å². The van der Waals surface area contributed by atoms with Crippen molar-refractivity contribution in [1.29, 1.82) is 0 Å². The topological polar surface area (TPSA) is 78.4 Å². The number of hydrogen-bond acceptors (Lipinski definition) is 3. The van der Waals surface area contributed by atoms with Crippen molar-refractivity contribution in [1.82, 2.24) is 5.32 Å². The van der Waals surface area contributed by atoms with Gasteiger partial charge in [0.2, 0.25) is 0 Å². The van der Waals surface area contributed by atoms with Crippen molar-refractivity contribution in [3.05, 3.63) is 29.3 Å². The van der Waals surface area contributed by atoms with E-state index in [1.165, 1.54) is 0 Å². The first-order valence-electron chi connectivity index (χ1n) is 7.35. The van der Waals surface area contributed by atoms with Gasteiger partial charge >= 0.3 is 5.97 Å². The Morgan fingerprint density at radius 3 is 2.81 bits per heavy atom. The fourth-order valence-corrected chi connectivity index (χ4v) is 2.60. The number of fused-ring (bicyclic) bond motifs is 1. The molecule has 3 N–H and O–H groups in total. The van der Waals surface area contributed by atoms with Crippen molar-refractivity contribution in [2.24, 2.45) is 11.8 Å². The number of benzene rings is 1. The maximum atomic E-state index is 12.1. The predicted octanol–water partition coefficient (Wildman–Crippen LogP) is 2.13. The standard InChI is InChI=1S/C16H22N2O3/c1-10(2)7-13(16(20)21)9-18-15(19)12-3-4-14-11(8-12)5-6-17-14/h3-4,8,10,13,17H,5-7,9H2,1-2H3,(H,18,19)(H,20,21). The molecule has 1 amide bonds. The van der Waals surface area contributed by atoms with Crippen LogP contribution in [0.5, 0.6) is 0 Å². The lowest BCUT2D eigenvalue weighted by Crippen LogP contribution is -2.33. The van der Waals surface area contributed by atoms with Crippen LogP contribution in [0.2, 0.25) is 0 Å². The smallest absolute Gasteiger partial charge is 0.308 e. The highest BCUT2D eigenvalue weighted by molar-refractivity contribution is 5.95. The number of carboxylic acids is 1. The fraction of sp³-hybridized carbons (Fsp3) is 0.500. The van der Waals surface area contributed by atoms with Gasteiger partial charge in [0, 0.05) is 24.3 Å². The van der Waals surface area contributed by atoms with Crippen molar-refractivity contribution in [3.63, 3.8) is 0 Å². The monoisotopic (exact) mass is 290 g/mol. The van der Waals surface area contributed by atoms with Crippen LogP contribution in [0, 0.1) is 11.8 Å². The molecule has 0 saturated carbocycles. The number of aliphatic carboxylic acids is 1. The van der Waals surface area contributed by atoms with E-state index < -0.39 is 11.9 Å². The Morgan fingerprint density at radius 1 is 1.38 bits per heavy atom. The maximum absolute atomic E-state index is 12.1. The summed E-state index contributed by atoms with van der Waals surface area (Å²) >= 11 is 0. The Hall–Kier alpha value is -2.04. The van der Waals surface area contributed by atoms with Crippen molar-refractivity contribution >= 4 is 17.6 Å². The molecule has 0 aromatic heterocycles. The molecule has 0 aliphatic carbocycles. The number of hydrogen-bond donors (Lipinski definition) is 3. The lowest BCUT2D eigenvalue weighted by Gasteiger charge is -2.15. The molecule has 2 rings (SSSR count). The van der Waals surface area contributed by atoms with E-state index in [0.717, 1.165) is 24.2 Å². The van der Waals surface area contributed by atoms with Crippen LogP contribution in [0.4, 0.5) is 5.69 Å². The van der Waals surface area contributed by atoms with Gasteiger partial charge in [-0.25, -0.2) is 0 Å². The van der Waals surface area contributed by atoms with Crippen LogP contribution in [-0.2, 0) is 11.2 Å². The second kappa shape index (κ2) is 6.61. The average molecular weight is 290 g/mol. The Kier molecular flexibility index (Phi) is 4.83. The molecule has 0 fully saturated rings. The van der Waals surface area contributed by atoms with Crippen molar-refractivity contribution in [3.8, 4) is 0 Å². The molecule has 114 valence electrons. The van der Waals surface area contributed by atoms with Crippen LogP contribution in [0.25, 0.3) is 0 Å². The number of carboxylic acid groups (broad SMARTS) is 1.